The lowest BCUT2D eigenvalue weighted by atomic mass is 10.0. The van der Waals surface area contributed by atoms with Gasteiger partial charge in [-0.25, -0.2) is 4.39 Å². The number of hydrogen-bond donors (Lipinski definition) is 0. The summed E-state index contributed by atoms with van der Waals surface area (Å²) in [4.78, 5) is 14.7. The molecule has 1 aromatic rings. The highest BCUT2D eigenvalue weighted by Gasteiger charge is 2.32. The van der Waals surface area contributed by atoms with Crippen molar-refractivity contribution in [3.05, 3.63) is 35.1 Å². The van der Waals surface area contributed by atoms with Gasteiger partial charge in [-0.1, -0.05) is 33.6 Å². The van der Waals surface area contributed by atoms with Gasteiger partial charge in [0.2, 0.25) is 0 Å². The summed E-state index contributed by atoms with van der Waals surface area (Å²) < 4.78 is 19.6. The minimum Gasteiger partial charge on any atom is -0.371 e. The maximum absolute atomic E-state index is 13.4. The summed E-state index contributed by atoms with van der Waals surface area (Å²) in [7, 11) is 0. The van der Waals surface area contributed by atoms with Gasteiger partial charge in [-0.15, -0.1) is 0 Å². The molecule has 23 heavy (non-hydrogen) atoms. The topological polar surface area (TPSA) is 29.5 Å². The van der Waals surface area contributed by atoms with Gasteiger partial charge in [-0.3, -0.25) is 4.79 Å². The van der Waals surface area contributed by atoms with Gasteiger partial charge in [0.05, 0.1) is 12.2 Å². The number of rotatable bonds is 5. The minimum atomic E-state index is -0.274. The molecule has 0 aromatic heterocycles. The first-order chi connectivity index (χ1) is 10.9. The first-order valence-corrected chi connectivity index (χ1v) is 8.63. The molecule has 0 aliphatic carbocycles. The Labute approximate surface area is 138 Å². The first-order valence-electron chi connectivity index (χ1n) is 8.63. The third-order valence-corrected chi connectivity index (χ3v) is 4.51. The highest BCUT2D eigenvalue weighted by atomic mass is 19.1. The fraction of sp³-hybridized carbons (Fsp3) is 0.632. The number of benzene rings is 1. The molecule has 1 aliphatic rings. The van der Waals surface area contributed by atoms with Crippen LogP contribution in [0.4, 0.5) is 4.39 Å². The second-order valence-corrected chi connectivity index (χ2v) is 6.86. The number of unbranched alkanes of at least 4 members (excludes halogenated alkanes) is 1. The average molecular weight is 321 g/mol. The Balaban J connectivity index is 2.14. The number of amides is 1. The van der Waals surface area contributed by atoms with Crippen molar-refractivity contribution in [3.8, 4) is 0 Å². The van der Waals surface area contributed by atoms with Crippen molar-refractivity contribution >= 4 is 5.91 Å². The number of carbonyl (C=O) groups is 1. The number of ether oxygens (including phenoxy) is 1. The molecule has 1 amide bonds. The van der Waals surface area contributed by atoms with Gasteiger partial charge >= 0.3 is 0 Å². The van der Waals surface area contributed by atoms with E-state index in [1.165, 1.54) is 6.07 Å². The zero-order valence-electron chi connectivity index (χ0n) is 14.6. The van der Waals surface area contributed by atoms with E-state index < -0.39 is 0 Å². The lowest BCUT2D eigenvalue weighted by Gasteiger charge is -2.40. The maximum Gasteiger partial charge on any atom is 0.254 e. The van der Waals surface area contributed by atoms with Crippen molar-refractivity contribution in [2.75, 3.05) is 13.1 Å². The van der Waals surface area contributed by atoms with E-state index in [-0.39, 0.29) is 23.9 Å². The lowest BCUT2D eigenvalue weighted by Crippen LogP contribution is -2.51. The van der Waals surface area contributed by atoms with Gasteiger partial charge in [0.25, 0.3) is 5.91 Å². The molecule has 1 heterocycles. The number of nitrogens with zero attached hydrogens (tertiary/aromatic N) is 1. The lowest BCUT2D eigenvalue weighted by molar-refractivity contribution is -0.0962. The first kappa shape index (κ1) is 17.9. The van der Waals surface area contributed by atoms with Gasteiger partial charge in [0.15, 0.2) is 0 Å². The van der Waals surface area contributed by atoms with Crippen molar-refractivity contribution in [1.82, 2.24) is 4.90 Å². The summed E-state index contributed by atoms with van der Waals surface area (Å²) in [6, 6.07) is 4.58. The van der Waals surface area contributed by atoms with Crippen molar-refractivity contribution in [2.24, 2.45) is 5.92 Å². The summed E-state index contributed by atoms with van der Waals surface area (Å²) in [5.41, 5.74) is 1.06. The third kappa shape index (κ3) is 4.54. The van der Waals surface area contributed by atoms with Crippen LogP contribution >= 0.6 is 0 Å². The molecule has 0 radical (unpaired) electrons. The van der Waals surface area contributed by atoms with Crippen molar-refractivity contribution in [1.29, 1.82) is 0 Å². The molecule has 1 aromatic carbocycles. The summed E-state index contributed by atoms with van der Waals surface area (Å²) in [6.07, 6.45) is 3.37. The molecular weight excluding hydrogens is 293 g/mol. The zero-order valence-corrected chi connectivity index (χ0v) is 14.6. The smallest absolute Gasteiger partial charge is 0.254 e. The molecule has 1 fully saturated rings. The molecule has 0 spiro atoms. The normalized spacial score (nSPS) is 21.7. The van der Waals surface area contributed by atoms with Crippen LogP contribution in [0.1, 0.15) is 56.0 Å². The van der Waals surface area contributed by atoms with E-state index in [2.05, 4.69) is 20.8 Å². The highest BCUT2D eigenvalue weighted by Crippen LogP contribution is 2.23. The molecular formula is C19H28FNO2. The maximum atomic E-state index is 13.4. The number of carbonyl (C=O) groups excluding carboxylic acids is 1. The van der Waals surface area contributed by atoms with E-state index in [1.807, 2.05) is 4.90 Å². The predicted molar refractivity (Wildman–Crippen MR) is 90.1 cm³/mol. The Morgan fingerprint density at radius 1 is 1.39 bits per heavy atom. The Kier molecular flexibility index (Phi) is 6.17. The fourth-order valence-electron chi connectivity index (χ4n) is 2.96. The molecule has 128 valence electrons. The number of hydrogen-bond acceptors (Lipinski definition) is 2. The van der Waals surface area contributed by atoms with E-state index in [1.54, 1.807) is 19.1 Å². The number of halogens is 1. The SMILES string of the molecule is CCCC[C@@H]1CN(C(=O)c2ccc(F)c(C)c2)C[C@H](C(C)C)O1. The van der Waals surface area contributed by atoms with E-state index in [4.69, 9.17) is 4.74 Å². The fourth-order valence-corrected chi connectivity index (χ4v) is 2.96. The number of morpholine rings is 1. The Bertz CT molecular complexity index is 544. The van der Waals surface area contributed by atoms with Crippen LogP contribution in [0.15, 0.2) is 18.2 Å². The summed E-state index contributed by atoms with van der Waals surface area (Å²) in [6.45, 7) is 9.32. The van der Waals surface area contributed by atoms with E-state index in [9.17, 15) is 9.18 Å². The van der Waals surface area contributed by atoms with Gasteiger partial charge in [0.1, 0.15) is 5.82 Å². The van der Waals surface area contributed by atoms with E-state index in [0.29, 0.717) is 30.1 Å². The van der Waals surface area contributed by atoms with Gasteiger partial charge < -0.3 is 9.64 Å². The van der Waals surface area contributed by atoms with Crippen LogP contribution < -0.4 is 0 Å². The van der Waals surface area contributed by atoms with Crippen molar-refractivity contribution in [3.63, 3.8) is 0 Å². The Morgan fingerprint density at radius 2 is 2.13 bits per heavy atom. The van der Waals surface area contributed by atoms with Gasteiger partial charge in [-0.05, 0) is 43.0 Å². The zero-order chi connectivity index (χ0) is 17.0. The quantitative estimate of drug-likeness (QED) is 0.814. The molecule has 2 atom stereocenters. The molecule has 4 heteroatoms. The molecule has 3 nitrogen and oxygen atoms in total. The average Bonchev–Trinajstić information content (AvgIpc) is 2.54. The molecule has 2 rings (SSSR count). The molecule has 0 N–H and O–H groups in total. The Hall–Kier alpha value is -1.42. The van der Waals surface area contributed by atoms with E-state index >= 15 is 0 Å². The third-order valence-electron chi connectivity index (χ3n) is 4.51. The minimum absolute atomic E-state index is 0.0245. The summed E-state index contributed by atoms with van der Waals surface area (Å²) in [5.74, 6) is 0.0673. The molecule has 1 aliphatic heterocycles. The van der Waals surface area contributed by atoms with Crippen LogP contribution in [0.2, 0.25) is 0 Å². The molecule has 1 saturated heterocycles. The van der Waals surface area contributed by atoms with Crippen molar-refractivity contribution < 1.29 is 13.9 Å². The van der Waals surface area contributed by atoms with Crippen LogP contribution in [0.5, 0.6) is 0 Å². The van der Waals surface area contributed by atoms with E-state index in [0.717, 1.165) is 19.3 Å². The monoisotopic (exact) mass is 321 g/mol. The van der Waals surface area contributed by atoms with Gasteiger partial charge in [0, 0.05) is 18.7 Å². The van der Waals surface area contributed by atoms with Crippen LogP contribution in [0.25, 0.3) is 0 Å². The van der Waals surface area contributed by atoms with Crippen LogP contribution in [-0.4, -0.2) is 36.1 Å². The second kappa shape index (κ2) is 7.91. The standard InChI is InChI=1S/C19H28FNO2/c1-5-6-7-16-11-21(12-18(23-16)13(2)3)19(22)15-8-9-17(20)14(4)10-15/h8-10,13,16,18H,5-7,11-12H2,1-4H3/t16-,18-/m1/s1. The molecule has 0 saturated carbocycles. The van der Waals surface area contributed by atoms with Crippen LogP contribution in [-0.2, 0) is 4.74 Å². The van der Waals surface area contributed by atoms with Crippen LogP contribution in [0.3, 0.4) is 0 Å². The van der Waals surface area contributed by atoms with Gasteiger partial charge in [-0.2, -0.15) is 0 Å². The summed E-state index contributed by atoms with van der Waals surface area (Å²) in [5, 5.41) is 0. The second-order valence-electron chi connectivity index (χ2n) is 6.86. The summed E-state index contributed by atoms with van der Waals surface area (Å²) >= 11 is 0. The Morgan fingerprint density at radius 3 is 2.74 bits per heavy atom. The predicted octanol–water partition coefficient (Wildman–Crippen LogP) is 4.19. The molecule has 0 unspecified atom stereocenters. The highest BCUT2D eigenvalue weighted by molar-refractivity contribution is 5.94. The largest absolute Gasteiger partial charge is 0.371 e. The number of aryl methyl sites for hydroxylation is 1. The molecule has 0 bridgehead atoms. The van der Waals surface area contributed by atoms with Crippen molar-refractivity contribution in [2.45, 2.75) is 59.2 Å². The van der Waals surface area contributed by atoms with Crippen LogP contribution in [0, 0.1) is 18.7 Å².